The van der Waals surface area contributed by atoms with Crippen molar-refractivity contribution in [1.82, 2.24) is 15.1 Å². The molecule has 106 valence electrons. The highest BCUT2D eigenvalue weighted by Crippen LogP contribution is 2.30. The summed E-state index contributed by atoms with van der Waals surface area (Å²) < 4.78 is 5.64. The molecule has 0 amide bonds. The van der Waals surface area contributed by atoms with E-state index in [0.717, 1.165) is 25.8 Å². The second kappa shape index (κ2) is 6.33. The Bertz CT molecular complexity index is 245. The number of nitrogens with one attached hydrogen (secondary N) is 1. The molecule has 0 spiro atoms. The Morgan fingerprint density at radius 1 is 1.39 bits per heavy atom. The molecule has 4 nitrogen and oxygen atoms in total. The van der Waals surface area contributed by atoms with Gasteiger partial charge in [-0.15, -0.1) is 0 Å². The molecule has 2 aliphatic heterocycles. The molecule has 0 aromatic rings. The van der Waals surface area contributed by atoms with Crippen molar-refractivity contribution < 1.29 is 4.74 Å². The monoisotopic (exact) mass is 255 g/mol. The van der Waals surface area contributed by atoms with Crippen LogP contribution in [0.4, 0.5) is 0 Å². The lowest BCUT2D eigenvalue weighted by atomic mass is 9.85. The Labute approximate surface area is 112 Å². The zero-order chi connectivity index (χ0) is 13.0. The summed E-state index contributed by atoms with van der Waals surface area (Å²) in [5.74, 6) is 0. The lowest BCUT2D eigenvalue weighted by molar-refractivity contribution is 0.0783. The Hall–Kier alpha value is -0.160. The molecule has 1 unspecified atom stereocenters. The summed E-state index contributed by atoms with van der Waals surface area (Å²) in [4.78, 5) is 5.02. The maximum atomic E-state index is 5.64. The standard InChI is InChI=1S/C14H29N3O/c1-15-10-14(6-9-18-12-14)11-17(3)13-4-7-16(2)8-5-13/h13,15H,4-12H2,1-3H3. The zero-order valence-corrected chi connectivity index (χ0v) is 12.2. The van der Waals surface area contributed by atoms with Gasteiger partial charge in [-0.05, 0) is 53.5 Å². The summed E-state index contributed by atoms with van der Waals surface area (Å²) in [6, 6.07) is 0.760. The SMILES string of the molecule is CNCC1(CN(C)C2CCN(C)CC2)CCOC1. The minimum absolute atomic E-state index is 0.340. The van der Waals surface area contributed by atoms with Crippen LogP contribution in [-0.2, 0) is 4.74 Å². The summed E-state index contributed by atoms with van der Waals surface area (Å²) >= 11 is 0. The second-order valence-electron chi connectivity index (χ2n) is 6.28. The molecule has 2 aliphatic rings. The van der Waals surface area contributed by atoms with Crippen LogP contribution in [0.3, 0.4) is 0 Å². The fraction of sp³-hybridized carbons (Fsp3) is 1.00. The Kier molecular flexibility index (Phi) is 5.01. The highest BCUT2D eigenvalue weighted by Gasteiger charge is 2.36. The fourth-order valence-corrected chi connectivity index (χ4v) is 3.44. The quantitative estimate of drug-likeness (QED) is 0.780. The second-order valence-corrected chi connectivity index (χ2v) is 6.28. The van der Waals surface area contributed by atoms with Gasteiger partial charge >= 0.3 is 0 Å². The van der Waals surface area contributed by atoms with Crippen molar-refractivity contribution in [3.8, 4) is 0 Å². The average molecular weight is 255 g/mol. The normalized spacial score (nSPS) is 31.3. The highest BCUT2D eigenvalue weighted by atomic mass is 16.5. The van der Waals surface area contributed by atoms with Gasteiger partial charge in [0.2, 0.25) is 0 Å². The summed E-state index contributed by atoms with van der Waals surface area (Å²) in [6.45, 7) is 6.58. The molecule has 2 saturated heterocycles. The van der Waals surface area contributed by atoms with Gasteiger partial charge < -0.3 is 19.9 Å². The minimum atomic E-state index is 0.340. The summed E-state index contributed by atoms with van der Waals surface area (Å²) in [6.07, 6.45) is 3.82. The number of piperidine rings is 1. The topological polar surface area (TPSA) is 27.7 Å². The summed E-state index contributed by atoms with van der Waals surface area (Å²) in [5, 5.41) is 3.35. The van der Waals surface area contributed by atoms with Gasteiger partial charge in [0.15, 0.2) is 0 Å². The molecular weight excluding hydrogens is 226 g/mol. The van der Waals surface area contributed by atoms with E-state index in [1.807, 2.05) is 0 Å². The van der Waals surface area contributed by atoms with Crippen LogP contribution in [0.25, 0.3) is 0 Å². The molecule has 2 fully saturated rings. The molecule has 1 atom stereocenters. The number of likely N-dealkylation sites (tertiary alicyclic amines) is 1. The number of ether oxygens (including phenoxy) is 1. The molecule has 4 heteroatoms. The van der Waals surface area contributed by atoms with Crippen LogP contribution >= 0.6 is 0 Å². The number of rotatable bonds is 5. The van der Waals surface area contributed by atoms with Gasteiger partial charge in [-0.3, -0.25) is 0 Å². The fourth-order valence-electron chi connectivity index (χ4n) is 3.44. The van der Waals surface area contributed by atoms with Gasteiger partial charge in [0.05, 0.1) is 6.61 Å². The van der Waals surface area contributed by atoms with Crippen LogP contribution in [0.5, 0.6) is 0 Å². The lowest BCUT2D eigenvalue weighted by Crippen LogP contribution is -2.49. The predicted molar refractivity (Wildman–Crippen MR) is 74.9 cm³/mol. The molecule has 0 aromatic heterocycles. The summed E-state index contributed by atoms with van der Waals surface area (Å²) in [5.41, 5.74) is 0.340. The number of hydrogen-bond donors (Lipinski definition) is 1. The molecule has 0 saturated carbocycles. The van der Waals surface area contributed by atoms with Crippen LogP contribution in [0.2, 0.25) is 0 Å². The molecule has 2 heterocycles. The van der Waals surface area contributed by atoms with E-state index in [9.17, 15) is 0 Å². The zero-order valence-electron chi connectivity index (χ0n) is 12.2. The molecule has 0 bridgehead atoms. The molecule has 1 N–H and O–H groups in total. The van der Waals surface area contributed by atoms with Crippen molar-refractivity contribution >= 4 is 0 Å². The van der Waals surface area contributed by atoms with Crippen LogP contribution in [0.1, 0.15) is 19.3 Å². The number of hydrogen-bond acceptors (Lipinski definition) is 4. The first-order valence-corrected chi connectivity index (χ1v) is 7.26. The highest BCUT2D eigenvalue weighted by molar-refractivity contribution is 4.89. The van der Waals surface area contributed by atoms with Crippen LogP contribution < -0.4 is 5.32 Å². The van der Waals surface area contributed by atoms with Gasteiger partial charge in [-0.25, -0.2) is 0 Å². The predicted octanol–water partition coefficient (Wildman–Crippen LogP) is 0.639. The third kappa shape index (κ3) is 3.44. The molecule has 0 radical (unpaired) electrons. The third-order valence-corrected chi connectivity index (χ3v) is 4.63. The van der Waals surface area contributed by atoms with Crippen LogP contribution in [-0.4, -0.2) is 76.4 Å². The third-order valence-electron chi connectivity index (χ3n) is 4.63. The Morgan fingerprint density at radius 2 is 2.11 bits per heavy atom. The Balaban J connectivity index is 1.86. The number of nitrogens with zero attached hydrogens (tertiary/aromatic N) is 2. The van der Waals surface area contributed by atoms with Crippen LogP contribution in [0, 0.1) is 5.41 Å². The van der Waals surface area contributed by atoms with Crippen molar-refractivity contribution in [2.45, 2.75) is 25.3 Å². The average Bonchev–Trinajstić information content (AvgIpc) is 2.79. The molecule has 18 heavy (non-hydrogen) atoms. The minimum Gasteiger partial charge on any atom is -0.381 e. The van der Waals surface area contributed by atoms with E-state index in [1.54, 1.807) is 0 Å². The van der Waals surface area contributed by atoms with Crippen molar-refractivity contribution in [1.29, 1.82) is 0 Å². The first-order chi connectivity index (χ1) is 8.65. The van der Waals surface area contributed by atoms with Gasteiger partial charge in [-0.1, -0.05) is 0 Å². The maximum Gasteiger partial charge on any atom is 0.0547 e. The molecular formula is C14H29N3O. The van der Waals surface area contributed by atoms with Gasteiger partial charge in [-0.2, -0.15) is 0 Å². The van der Waals surface area contributed by atoms with Crippen molar-refractivity contribution in [3.05, 3.63) is 0 Å². The first-order valence-electron chi connectivity index (χ1n) is 7.26. The van der Waals surface area contributed by atoms with E-state index in [1.165, 1.54) is 38.9 Å². The van der Waals surface area contributed by atoms with E-state index in [2.05, 4.69) is 36.3 Å². The maximum absolute atomic E-state index is 5.64. The van der Waals surface area contributed by atoms with E-state index in [-0.39, 0.29) is 0 Å². The Morgan fingerprint density at radius 3 is 2.67 bits per heavy atom. The van der Waals surface area contributed by atoms with Gasteiger partial charge in [0.25, 0.3) is 0 Å². The molecule has 0 aromatic carbocycles. The smallest absolute Gasteiger partial charge is 0.0547 e. The van der Waals surface area contributed by atoms with Gasteiger partial charge in [0.1, 0.15) is 0 Å². The van der Waals surface area contributed by atoms with E-state index in [0.29, 0.717) is 5.41 Å². The van der Waals surface area contributed by atoms with Crippen molar-refractivity contribution in [2.24, 2.45) is 5.41 Å². The lowest BCUT2D eigenvalue weighted by Gasteiger charge is -2.39. The van der Waals surface area contributed by atoms with Crippen molar-refractivity contribution in [2.75, 3.05) is 60.5 Å². The first kappa shape index (κ1) is 14.3. The van der Waals surface area contributed by atoms with Gasteiger partial charge in [0, 0.05) is 31.2 Å². The van der Waals surface area contributed by atoms with Crippen LogP contribution in [0.15, 0.2) is 0 Å². The van der Waals surface area contributed by atoms with Crippen molar-refractivity contribution in [3.63, 3.8) is 0 Å². The van der Waals surface area contributed by atoms with E-state index in [4.69, 9.17) is 4.74 Å². The summed E-state index contributed by atoms with van der Waals surface area (Å²) in [7, 11) is 6.57. The largest absolute Gasteiger partial charge is 0.381 e. The van der Waals surface area contributed by atoms with E-state index >= 15 is 0 Å². The molecule has 0 aliphatic carbocycles. The molecule has 2 rings (SSSR count). The van der Waals surface area contributed by atoms with E-state index < -0.39 is 0 Å².